The molecular formula is C22H11Cl2FN2O2S. The third-order valence-electron chi connectivity index (χ3n) is 4.56. The van der Waals surface area contributed by atoms with Crippen LogP contribution in [0.1, 0.15) is 5.56 Å². The van der Waals surface area contributed by atoms with Gasteiger partial charge in [0.05, 0.1) is 26.4 Å². The lowest BCUT2D eigenvalue weighted by Gasteiger charge is -2.15. The monoisotopic (exact) mass is 456 g/mol. The molecule has 4 aromatic rings. The largest absolute Gasteiger partial charge is 0.252 e. The minimum atomic E-state index is -4.12. The number of aromatic nitrogens is 1. The Morgan fingerprint density at radius 2 is 1.77 bits per heavy atom. The van der Waals surface area contributed by atoms with Crippen molar-refractivity contribution in [2.75, 3.05) is 0 Å². The highest BCUT2D eigenvalue weighted by Crippen LogP contribution is 2.40. The maximum atomic E-state index is 14.5. The Balaban J connectivity index is 2.14. The fourth-order valence-corrected chi connectivity index (χ4v) is 5.12. The standard InChI is InChI=1S/C22H11Cl2FN2O2S/c23-15-5-2-4-14(10-15)20-19(12-27-22-18(25)8-7-17(24)21(20)22)30(28,29)16-6-1-3-13(9-16)11-26/h1-10,12H. The number of nitrogens with zero attached hydrogens (tertiary/aromatic N) is 2. The van der Waals surface area contributed by atoms with Crippen LogP contribution in [-0.4, -0.2) is 13.4 Å². The van der Waals surface area contributed by atoms with Gasteiger partial charge in [0.25, 0.3) is 0 Å². The van der Waals surface area contributed by atoms with Gasteiger partial charge < -0.3 is 0 Å². The summed E-state index contributed by atoms with van der Waals surface area (Å²) < 4.78 is 41.5. The van der Waals surface area contributed by atoms with Crippen molar-refractivity contribution in [2.24, 2.45) is 0 Å². The van der Waals surface area contributed by atoms with Crippen LogP contribution < -0.4 is 0 Å². The molecule has 0 N–H and O–H groups in total. The van der Waals surface area contributed by atoms with Crippen LogP contribution in [0.15, 0.2) is 76.7 Å². The van der Waals surface area contributed by atoms with Gasteiger partial charge in [-0.1, -0.05) is 41.4 Å². The average molecular weight is 457 g/mol. The number of halogens is 3. The second-order valence-electron chi connectivity index (χ2n) is 6.40. The maximum absolute atomic E-state index is 14.5. The summed E-state index contributed by atoms with van der Waals surface area (Å²) >= 11 is 12.5. The van der Waals surface area contributed by atoms with Gasteiger partial charge in [-0.25, -0.2) is 12.8 Å². The van der Waals surface area contributed by atoms with Crippen LogP contribution in [0, 0.1) is 17.1 Å². The first-order chi connectivity index (χ1) is 14.3. The third kappa shape index (κ3) is 3.41. The first-order valence-electron chi connectivity index (χ1n) is 8.61. The lowest BCUT2D eigenvalue weighted by molar-refractivity contribution is 0.596. The summed E-state index contributed by atoms with van der Waals surface area (Å²) in [4.78, 5) is 3.80. The molecule has 1 aromatic heterocycles. The predicted octanol–water partition coefficient (Wildman–Crippen LogP) is 6.05. The number of fused-ring (bicyclic) bond motifs is 1. The van der Waals surface area contributed by atoms with Gasteiger partial charge in [-0.3, -0.25) is 4.98 Å². The highest BCUT2D eigenvalue weighted by atomic mass is 35.5. The molecule has 0 fully saturated rings. The van der Waals surface area contributed by atoms with E-state index >= 15 is 0 Å². The van der Waals surface area contributed by atoms with Crippen molar-refractivity contribution in [3.8, 4) is 17.2 Å². The highest BCUT2D eigenvalue weighted by Gasteiger charge is 2.27. The van der Waals surface area contributed by atoms with Crippen LogP contribution in [-0.2, 0) is 9.84 Å². The number of hydrogen-bond donors (Lipinski definition) is 0. The van der Waals surface area contributed by atoms with E-state index in [-0.39, 0.29) is 36.8 Å². The van der Waals surface area contributed by atoms with Gasteiger partial charge in [-0.2, -0.15) is 5.26 Å². The van der Waals surface area contributed by atoms with E-state index in [2.05, 4.69) is 4.98 Å². The van der Waals surface area contributed by atoms with E-state index in [4.69, 9.17) is 28.5 Å². The fraction of sp³-hybridized carbons (Fsp3) is 0. The molecule has 0 radical (unpaired) electrons. The summed E-state index contributed by atoms with van der Waals surface area (Å²) in [6, 6.07) is 16.6. The molecule has 0 saturated heterocycles. The van der Waals surface area contributed by atoms with Crippen molar-refractivity contribution in [1.82, 2.24) is 4.98 Å². The van der Waals surface area contributed by atoms with Gasteiger partial charge in [0, 0.05) is 22.2 Å². The molecule has 0 bridgehead atoms. The van der Waals surface area contributed by atoms with Crippen LogP contribution in [0.5, 0.6) is 0 Å². The summed E-state index contributed by atoms with van der Waals surface area (Å²) in [5.74, 6) is -0.631. The molecule has 30 heavy (non-hydrogen) atoms. The number of nitriles is 1. The van der Waals surface area contributed by atoms with Crippen molar-refractivity contribution in [1.29, 1.82) is 5.26 Å². The van der Waals surface area contributed by atoms with E-state index in [1.54, 1.807) is 24.3 Å². The zero-order valence-corrected chi connectivity index (χ0v) is 17.4. The van der Waals surface area contributed by atoms with Crippen molar-refractivity contribution >= 4 is 43.9 Å². The molecule has 4 rings (SSSR count). The minimum Gasteiger partial charge on any atom is -0.252 e. The van der Waals surface area contributed by atoms with E-state index in [0.717, 1.165) is 6.20 Å². The topological polar surface area (TPSA) is 70.8 Å². The van der Waals surface area contributed by atoms with Crippen LogP contribution in [0.25, 0.3) is 22.0 Å². The lowest BCUT2D eigenvalue weighted by atomic mass is 10.0. The molecule has 4 nitrogen and oxygen atoms in total. The van der Waals surface area contributed by atoms with Crippen molar-refractivity contribution in [3.63, 3.8) is 0 Å². The van der Waals surface area contributed by atoms with Crippen LogP contribution in [0.2, 0.25) is 10.0 Å². The van der Waals surface area contributed by atoms with Gasteiger partial charge in [-0.15, -0.1) is 0 Å². The van der Waals surface area contributed by atoms with Crippen molar-refractivity contribution in [2.45, 2.75) is 9.79 Å². The van der Waals surface area contributed by atoms with Gasteiger partial charge in [0.2, 0.25) is 9.84 Å². The summed E-state index contributed by atoms with van der Waals surface area (Å²) in [5.41, 5.74) is 0.771. The molecule has 148 valence electrons. The van der Waals surface area contributed by atoms with Crippen LogP contribution in [0.4, 0.5) is 4.39 Å². The second-order valence-corrected chi connectivity index (χ2v) is 9.17. The Hall–Kier alpha value is -2.98. The SMILES string of the molecule is N#Cc1cccc(S(=O)(=O)c2cnc3c(F)ccc(Cl)c3c2-c2cccc(Cl)c2)c1. The summed E-state index contributed by atoms with van der Waals surface area (Å²) in [6.45, 7) is 0. The molecule has 0 aliphatic carbocycles. The van der Waals surface area contributed by atoms with Gasteiger partial charge in [-0.05, 0) is 48.0 Å². The molecule has 1 heterocycles. The first kappa shape index (κ1) is 20.3. The van der Waals surface area contributed by atoms with E-state index in [1.165, 1.54) is 36.4 Å². The molecule has 3 aromatic carbocycles. The fourth-order valence-electron chi connectivity index (χ4n) is 3.21. The normalized spacial score (nSPS) is 11.4. The number of hydrogen-bond acceptors (Lipinski definition) is 4. The summed E-state index contributed by atoms with van der Waals surface area (Å²) in [7, 11) is -4.12. The van der Waals surface area contributed by atoms with E-state index in [9.17, 15) is 12.8 Å². The lowest BCUT2D eigenvalue weighted by Crippen LogP contribution is -2.06. The van der Waals surface area contributed by atoms with E-state index < -0.39 is 15.7 Å². The first-order valence-corrected chi connectivity index (χ1v) is 10.8. The number of benzene rings is 3. The Labute approximate surface area is 182 Å². The Morgan fingerprint density at radius 1 is 1.00 bits per heavy atom. The highest BCUT2D eigenvalue weighted by molar-refractivity contribution is 7.91. The molecule has 0 aliphatic rings. The van der Waals surface area contributed by atoms with Gasteiger partial charge in [0.15, 0.2) is 0 Å². The molecule has 0 amide bonds. The maximum Gasteiger partial charge on any atom is 0.208 e. The molecular weight excluding hydrogens is 446 g/mol. The van der Waals surface area contributed by atoms with Crippen molar-refractivity contribution in [3.05, 3.63) is 88.3 Å². The summed E-state index contributed by atoms with van der Waals surface area (Å²) in [6.07, 6.45) is 1.10. The van der Waals surface area contributed by atoms with Crippen LogP contribution >= 0.6 is 23.2 Å². The minimum absolute atomic E-state index is 0.0535. The molecule has 0 saturated carbocycles. The number of sulfone groups is 1. The smallest absolute Gasteiger partial charge is 0.208 e. The quantitative estimate of drug-likeness (QED) is 0.376. The van der Waals surface area contributed by atoms with Gasteiger partial charge in [0.1, 0.15) is 11.3 Å². The Morgan fingerprint density at radius 3 is 2.50 bits per heavy atom. The van der Waals surface area contributed by atoms with Crippen molar-refractivity contribution < 1.29 is 12.8 Å². The number of pyridine rings is 1. The molecule has 0 atom stereocenters. The summed E-state index contributed by atoms with van der Waals surface area (Å²) in [5, 5.41) is 9.83. The van der Waals surface area contributed by atoms with E-state index in [0.29, 0.717) is 10.6 Å². The molecule has 0 unspecified atom stereocenters. The molecule has 8 heteroatoms. The zero-order valence-electron chi connectivity index (χ0n) is 15.1. The Kier molecular flexibility index (Phi) is 5.20. The number of rotatable bonds is 3. The van der Waals surface area contributed by atoms with Gasteiger partial charge >= 0.3 is 0 Å². The molecule has 0 spiro atoms. The zero-order chi connectivity index (χ0) is 21.5. The predicted molar refractivity (Wildman–Crippen MR) is 114 cm³/mol. The molecule has 0 aliphatic heterocycles. The Bertz CT molecular complexity index is 1460. The van der Waals surface area contributed by atoms with E-state index in [1.807, 2.05) is 6.07 Å². The third-order valence-corrected chi connectivity index (χ3v) is 6.87. The average Bonchev–Trinajstić information content (AvgIpc) is 2.75. The second kappa shape index (κ2) is 7.69. The van der Waals surface area contributed by atoms with Crippen LogP contribution in [0.3, 0.4) is 0 Å².